The zero-order valence-electron chi connectivity index (χ0n) is 10.1. The smallest absolute Gasteiger partial charge is 0.274 e. The second-order valence-corrected chi connectivity index (χ2v) is 5.59. The third kappa shape index (κ3) is 4.33. The lowest BCUT2D eigenvalue weighted by molar-refractivity contribution is 0.393. The highest BCUT2D eigenvalue weighted by Crippen LogP contribution is 2.13. The highest BCUT2D eigenvalue weighted by Gasteiger charge is 2.17. The summed E-state index contributed by atoms with van der Waals surface area (Å²) in [5.74, 6) is 0.595. The molecule has 0 unspecified atom stereocenters. The summed E-state index contributed by atoms with van der Waals surface area (Å²) in [4.78, 5) is 0. The van der Waals surface area contributed by atoms with Crippen molar-refractivity contribution in [1.82, 2.24) is 10.0 Å². The predicted molar refractivity (Wildman–Crippen MR) is 66.1 cm³/mol. The summed E-state index contributed by atoms with van der Waals surface area (Å²) in [5, 5.41) is 3.08. The molecule has 6 heteroatoms. The zero-order chi connectivity index (χ0) is 12.9. The molecular formula is C11H18N2O3S. The minimum Gasteiger partial charge on any atom is -0.447 e. The van der Waals surface area contributed by atoms with Gasteiger partial charge in [0.25, 0.3) is 10.0 Å². The van der Waals surface area contributed by atoms with Gasteiger partial charge in [-0.2, -0.15) is 0 Å². The molecule has 0 saturated carbocycles. The van der Waals surface area contributed by atoms with Crippen molar-refractivity contribution in [3.63, 3.8) is 0 Å². The zero-order valence-corrected chi connectivity index (χ0v) is 10.9. The Morgan fingerprint density at radius 1 is 1.47 bits per heavy atom. The molecule has 0 fully saturated rings. The van der Waals surface area contributed by atoms with Crippen molar-refractivity contribution >= 4 is 10.0 Å². The Morgan fingerprint density at radius 3 is 2.76 bits per heavy atom. The van der Waals surface area contributed by atoms with E-state index in [0.717, 1.165) is 0 Å². The molecule has 0 spiro atoms. The molecule has 1 heterocycles. The van der Waals surface area contributed by atoms with Crippen LogP contribution in [-0.2, 0) is 16.6 Å². The van der Waals surface area contributed by atoms with E-state index in [-0.39, 0.29) is 11.6 Å². The van der Waals surface area contributed by atoms with Gasteiger partial charge in [0.15, 0.2) is 0 Å². The monoisotopic (exact) mass is 258 g/mol. The van der Waals surface area contributed by atoms with Crippen LogP contribution in [0.3, 0.4) is 0 Å². The highest BCUT2D eigenvalue weighted by atomic mass is 32.2. The van der Waals surface area contributed by atoms with Crippen LogP contribution in [0, 0.1) is 0 Å². The average molecular weight is 258 g/mol. The number of furan rings is 1. The van der Waals surface area contributed by atoms with Gasteiger partial charge in [-0.1, -0.05) is 19.9 Å². The van der Waals surface area contributed by atoms with Crippen molar-refractivity contribution in [2.75, 3.05) is 6.54 Å². The maximum absolute atomic E-state index is 11.7. The molecule has 96 valence electrons. The largest absolute Gasteiger partial charge is 0.447 e. The SMILES string of the molecule is C=CCNS(=O)(=O)c1ccc(CNC(C)C)o1. The third-order valence-corrected chi connectivity index (χ3v) is 3.30. The minimum atomic E-state index is -3.56. The molecule has 1 aromatic heterocycles. The van der Waals surface area contributed by atoms with Crippen LogP contribution in [0.1, 0.15) is 19.6 Å². The second kappa shape index (κ2) is 6.00. The molecule has 17 heavy (non-hydrogen) atoms. The molecule has 0 radical (unpaired) electrons. The van der Waals surface area contributed by atoms with Gasteiger partial charge >= 0.3 is 0 Å². The fourth-order valence-electron chi connectivity index (χ4n) is 1.14. The lowest BCUT2D eigenvalue weighted by atomic mass is 10.3. The number of sulfonamides is 1. The maximum atomic E-state index is 11.7. The Kier molecular flexibility index (Phi) is 4.92. The molecule has 0 aliphatic carbocycles. The van der Waals surface area contributed by atoms with Crippen LogP contribution in [0.2, 0.25) is 0 Å². The minimum absolute atomic E-state index is 0.0695. The quantitative estimate of drug-likeness (QED) is 0.722. The van der Waals surface area contributed by atoms with Crippen molar-refractivity contribution in [1.29, 1.82) is 0 Å². The molecule has 0 aromatic carbocycles. The van der Waals surface area contributed by atoms with Crippen molar-refractivity contribution in [2.24, 2.45) is 0 Å². The lowest BCUT2D eigenvalue weighted by Gasteiger charge is -2.05. The van der Waals surface area contributed by atoms with Crippen LogP contribution in [-0.4, -0.2) is 21.0 Å². The standard InChI is InChI=1S/C11H18N2O3S/c1-4-7-13-17(14,15)11-6-5-10(16-11)8-12-9(2)3/h4-6,9,12-13H,1,7-8H2,2-3H3. The molecular weight excluding hydrogens is 240 g/mol. The first-order chi connectivity index (χ1) is 7.95. The van der Waals surface area contributed by atoms with Crippen molar-refractivity contribution in [2.45, 2.75) is 31.5 Å². The normalized spacial score (nSPS) is 11.9. The number of hydrogen-bond donors (Lipinski definition) is 2. The van der Waals surface area contributed by atoms with Gasteiger partial charge in [-0.15, -0.1) is 6.58 Å². The van der Waals surface area contributed by atoms with E-state index in [0.29, 0.717) is 18.3 Å². The van der Waals surface area contributed by atoms with Crippen LogP contribution in [0.15, 0.2) is 34.3 Å². The van der Waals surface area contributed by atoms with Crippen LogP contribution >= 0.6 is 0 Å². The van der Waals surface area contributed by atoms with Gasteiger partial charge in [0, 0.05) is 12.6 Å². The predicted octanol–water partition coefficient (Wildman–Crippen LogP) is 1.24. The Labute approximate surface area is 102 Å². The molecule has 0 aliphatic rings. The summed E-state index contributed by atoms with van der Waals surface area (Å²) in [6, 6.07) is 3.42. The summed E-state index contributed by atoms with van der Waals surface area (Å²) < 4.78 is 30.9. The first-order valence-electron chi connectivity index (χ1n) is 5.38. The van der Waals surface area contributed by atoms with Crippen molar-refractivity contribution in [3.05, 3.63) is 30.5 Å². The van der Waals surface area contributed by atoms with Gasteiger partial charge in [0.1, 0.15) is 5.76 Å². The molecule has 0 aliphatic heterocycles. The first-order valence-corrected chi connectivity index (χ1v) is 6.86. The third-order valence-electron chi connectivity index (χ3n) is 2.00. The highest BCUT2D eigenvalue weighted by molar-refractivity contribution is 7.89. The summed E-state index contributed by atoms with van der Waals surface area (Å²) in [7, 11) is -3.56. The maximum Gasteiger partial charge on any atom is 0.274 e. The molecule has 5 nitrogen and oxygen atoms in total. The Hall–Kier alpha value is -1.11. The van der Waals surface area contributed by atoms with Crippen LogP contribution in [0.25, 0.3) is 0 Å². The van der Waals surface area contributed by atoms with Gasteiger partial charge in [-0.3, -0.25) is 0 Å². The summed E-state index contributed by atoms with van der Waals surface area (Å²) >= 11 is 0. The molecule has 1 aromatic rings. The fourth-order valence-corrected chi connectivity index (χ4v) is 2.09. The van der Waals surface area contributed by atoms with E-state index in [2.05, 4.69) is 16.6 Å². The van der Waals surface area contributed by atoms with Crippen molar-refractivity contribution in [3.8, 4) is 0 Å². The van der Waals surface area contributed by atoms with E-state index in [1.54, 1.807) is 6.07 Å². The van der Waals surface area contributed by atoms with Gasteiger partial charge < -0.3 is 9.73 Å². The average Bonchev–Trinajstić information content (AvgIpc) is 2.73. The molecule has 0 atom stereocenters. The fraction of sp³-hybridized carbons (Fsp3) is 0.455. The van der Waals surface area contributed by atoms with E-state index in [1.165, 1.54) is 12.1 Å². The van der Waals surface area contributed by atoms with E-state index in [9.17, 15) is 8.42 Å². The van der Waals surface area contributed by atoms with E-state index in [1.807, 2.05) is 13.8 Å². The van der Waals surface area contributed by atoms with E-state index < -0.39 is 10.0 Å². The number of hydrogen-bond acceptors (Lipinski definition) is 4. The Balaban J connectivity index is 2.70. The summed E-state index contributed by atoms with van der Waals surface area (Å²) in [6.07, 6.45) is 1.47. The number of rotatable bonds is 7. The number of nitrogens with one attached hydrogen (secondary N) is 2. The van der Waals surface area contributed by atoms with Crippen LogP contribution in [0.5, 0.6) is 0 Å². The van der Waals surface area contributed by atoms with E-state index in [4.69, 9.17) is 4.42 Å². The first kappa shape index (κ1) is 14.0. The van der Waals surface area contributed by atoms with Gasteiger partial charge in [0.05, 0.1) is 6.54 Å². The summed E-state index contributed by atoms with van der Waals surface area (Å²) in [6.45, 7) is 8.15. The van der Waals surface area contributed by atoms with Crippen LogP contribution in [0.4, 0.5) is 0 Å². The van der Waals surface area contributed by atoms with Crippen molar-refractivity contribution < 1.29 is 12.8 Å². The second-order valence-electron chi connectivity index (χ2n) is 3.90. The topological polar surface area (TPSA) is 71.3 Å². The Morgan fingerprint density at radius 2 is 2.18 bits per heavy atom. The Bertz CT molecular complexity index is 463. The van der Waals surface area contributed by atoms with E-state index >= 15 is 0 Å². The lowest BCUT2D eigenvalue weighted by Crippen LogP contribution is -2.23. The molecule has 0 bridgehead atoms. The van der Waals surface area contributed by atoms with Gasteiger partial charge in [0.2, 0.25) is 5.09 Å². The molecule has 0 saturated heterocycles. The molecule has 1 rings (SSSR count). The van der Waals surface area contributed by atoms with Gasteiger partial charge in [-0.25, -0.2) is 13.1 Å². The van der Waals surface area contributed by atoms with Gasteiger partial charge in [-0.05, 0) is 12.1 Å². The molecule has 0 amide bonds. The van der Waals surface area contributed by atoms with Crippen LogP contribution < -0.4 is 10.0 Å². The molecule has 2 N–H and O–H groups in total. The summed E-state index contributed by atoms with van der Waals surface area (Å²) in [5.41, 5.74) is 0.